The van der Waals surface area contributed by atoms with Gasteiger partial charge in [0.05, 0.1) is 23.0 Å². The number of ether oxygens (including phenoxy) is 1. The number of hydrogen-bond donors (Lipinski definition) is 2. The van der Waals surface area contributed by atoms with Crippen LogP contribution in [0, 0.1) is 12.7 Å². The molecule has 4 aromatic rings. The molecule has 0 fully saturated rings. The number of aryl methyl sites for hydroxylation is 1. The largest absolute Gasteiger partial charge is 0.490 e. The first-order chi connectivity index (χ1) is 15.2. The van der Waals surface area contributed by atoms with Gasteiger partial charge in [0.15, 0.2) is 0 Å². The first-order valence-corrected chi connectivity index (χ1v) is 9.85. The molecule has 9 heteroatoms. The number of halogens is 4. The maximum Gasteiger partial charge on any atom is 0.419 e. The zero-order valence-electron chi connectivity index (χ0n) is 17.1. The number of H-pyrrole nitrogens is 1. The van der Waals surface area contributed by atoms with E-state index in [9.17, 15) is 17.6 Å². The van der Waals surface area contributed by atoms with Crippen molar-refractivity contribution in [3.8, 4) is 16.9 Å². The van der Waals surface area contributed by atoms with Gasteiger partial charge >= 0.3 is 6.18 Å². The Labute approximate surface area is 181 Å². The van der Waals surface area contributed by atoms with E-state index in [2.05, 4.69) is 15.2 Å². The molecular weight excluding hydrogens is 424 g/mol. The van der Waals surface area contributed by atoms with E-state index in [4.69, 9.17) is 10.5 Å². The van der Waals surface area contributed by atoms with Crippen LogP contribution in [0.1, 0.15) is 16.8 Å². The molecule has 0 bridgehead atoms. The summed E-state index contributed by atoms with van der Waals surface area (Å²) >= 11 is 0. The second-order valence-electron chi connectivity index (χ2n) is 7.57. The Kier molecular flexibility index (Phi) is 5.84. The molecule has 0 saturated heterocycles. The van der Waals surface area contributed by atoms with Crippen LogP contribution in [-0.2, 0) is 12.6 Å². The maximum absolute atomic E-state index is 13.7. The highest BCUT2D eigenvalue weighted by Gasteiger charge is 2.33. The number of aromatic amines is 1. The normalized spacial score (nSPS) is 12.8. The number of hydrogen-bond acceptors (Lipinski definition) is 4. The van der Waals surface area contributed by atoms with E-state index in [0.29, 0.717) is 11.3 Å². The Morgan fingerprint density at radius 2 is 1.88 bits per heavy atom. The van der Waals surface area contributed by atoms with Crippen molar-refractivity contribution in [3.63, 3.8) is 0 Å². The number of alkyl halides is 3. The summed E-state index contributed by atoms with van der Waals surface area (Å²) in [6.07, 6.45) is -1.30. The van der Waals surface area contributed by atoms with Crippen molar-refractivity contribution in [2.45, 2.75) is 25.6 Å². The number of rotatable bonds is 6. The first kappa shape index (κ1) is 21.8. The summed E-state index contributed by atoms with van der Waals surface area (Å²) in [6, 6.07) is 10.0. The molecule has 166 valence electrons. The van der Waals surface area contributed by atoms with E-state index in [1.165, 1.54) is 6.07 Å². The third kappa shape index (κ3) is 4.72. The third-order valence-corrected chi connectivity index (χ3v) is 5.10. The molecule has 0 unspecified atom stereocenters. The molecular formula is C23H20F4N4O. The Morgan fingerprint density at radius 1 is 1.06 bits per heavy atom. The van der Waals surface area contributed by atoms with Crippen molar-refractivity contribution in [1.82, 2.24) is 15.2 Å². The van der Waals surface area contributed by atoms with Crippen molar-refractivity contribution in [2.24, 2.45) is 5.73 Å². The topological polar surface area (TPSA) is 76.8 Å². The Balaban J connectivity index is 1.41. The lowest BCUT2D eigenvalue weighted by atomic mass is 10.0. The molecule has 0 saturated carbocycles. The Morgan fingerprint density at radius 3 is 2.62 bits per heavy atom. The highest BCUT2D eigenvalue weighted by Crippen LogP contribution is 2.32. The van der Waals surface area contributed by atoms with Gasteiger partial charge in [0.25, 0.3) is 0 Å². The summed E-state index contributed by atoms with van der Waals surface area (Å²) in [5, 5.41) is 8.17. The summed E-state index contributed by atoms with van der Waals surface area (Å²) in [4.78, 5) is 4.21. The number of nitrogens with one attached hydrogen (secondary N) is 1. The number of fused-ring (bicyclic) bond motifs is 1. The van der Waals surface area contributed by atoms with E-state index in [0.717, 1.165) is 39.9 Å². The minimum absolute atomic E-state index is 0.0909. The van der Waals surface area contributed by atoms with Crippen molar-refractivity contribution < 1.29 is 22.3 Å². The van der Waals surface area contributed by atoms with Gasteiger partial charge in [-0.05, 0) is 54.8 Å². The first-order valence-electron chi connectivity index (χ1n) is 9.85. The second-order valence-corrected chi connectivity index (χ2v) is 7.57. The van der Waals surface area contributed by atoms with E-state index in [1.54, 1.807) is 12.4 Å². The fraction of sp³-hybridized carbons (Fsp3) is 0.217. The number of nitrogens with zero attached hydrogens (tertiary/aromatic N) is 2. The van der Waals surface area contributed by atoms with Crippen LogP contribution in [0.3, 0.4) is 0 Å². The van der Waals surface area contributed by atoms with Crippen LogP contribution in [-0.4, -0.2) is 27.8 Å². The van der Waals surface area contributed by atoms with Crippen LogP contribution in [0.15, 0.2) is 54.9 Å². The van der Waals surface area contributed by atoms with Gasteiger partial charge in [0, 0.05) is 23.2 Å². The molecule has 32 heavy (non-hydrogen) atoms. The molecule has 0 aliphatic carbocycles. The van der Waals surface area contributed by atoms with Gasteiger partial charge in [0.2, 0.25) is 0 Å². The number of nitrogens with two attached hydrogens (primary N) is 1. The SMILES string of the molecule is Cc1n[nH]c2ccc(-c3cncc(OC[C@@H](N)Cc4ccc(C(F)(F)F)c(F)c4)c3)cc12. The summed E-state index contributed by atoms with van der Waals surface area (Å²) in [5.41, 5.74) is 8.75. The van der Waals surface area contributed by atoms with Gasteiger partial charge in [-0.1, -0.05) is 12.1 Å². The van der Waals surface area contributed by atoms with Crippen LogP contribution in [0.2, 0.25) is 0 Å². The predicted octanol–water partition coefficient (Wildman–Crippen LogP) is 5.04. The third-order valence-electron chi connectivity index (χ3n) is 5.10. The molecule has 2 heterocycles. The lowest BCUT2D eigenvalue weighted by molar-refractivity contribution is -0.140. The standard InChI is InChI=1S/C23H20F4N4O/c1-13-19-9-15(3-5-22(19)31-30-13)16-8-18(11-29-10-16)32-12-17(28)6-14-2-4-20(21(24)7-14)23(25,26)27/h2-5,7-11,17H,6,12,28H2,1H3,(H,30,31)/t17-/m0/s1. The van der Waals surface area contributed by atoms with Crippen LogP contribution < -0.4 is 10.5 Å². The van der Waals surface area contributed by atoms with E-state index in [-0.39, 0.29) is 13.0 Å². The highest BCUT2D eigenvalue weighted by atomic mass is 19.4. The summed E-state index contributed by atoms with van der Waals surface area (Å²) < 4.78 is 57.5. The summed E-state index contributed by atoms with van der Waals surface area (Å²) in [7, 11) is 0. The summed E-state index contributed by atoms with van der Waals surface area (Å²) in [5.74, 6) is -0.814. The van der Waals surface area contributed by atoms with Gasteiger partial charge in [-0.25, -0.2) is 4.39 Å². The lowest BCUT2D eigenvalue weighted by Crippen LogP contribution is -2.30. The van der Waals surface area contributed by atoms with E-state index in [1.807, 2.05) is 31.2 Å². The Bertz CT molecular complexity index is 1250. The quantitative estimate of drug-likeness (QED) is 0.409. The molecule has 0 amide bonds. The van der Waals surface area contributed by atoms with Crippen molar-refractivity contribution in [2.75, 3.05) is 6.61 Å². The zero-order valence-corrected chi connectivity index (χ0v) is 17.1. The fourth-order valence-electron chi connectivity index (χ4n) is 3.46. The molecule has 5 nitrogen and oxygen atoms in total. The highest BCUT2D eigenvalue weighted by molar-refractivity contribution is 5.86. The molecule has 2 aromatic heterocycles. The molecule has 0 spiro atoms. The van der Waals surface area contributed by atoms with Crippen LogP contribution in [0.5, 0.6) is 5.75 Å². The van der Waals surface area contributed by atoms with Crippen molar-refractivity contribution >= 4 is 10.9 Å². The lowest BCUT2D eigenvalue weighted by Gasteiger charge is -2.15. The van der Waals surface area contributed by atoms with Gasteiger partial charge in [0.1, 0.15) is 18.2 Å². The number of aromatic nitrogens is 3. The minimum Gasteiger partial charge on any atom is -0.490 e. The van der Waals surface area contributed by atoms with Crippen LogP contribution in [0.4, 0.5) is 17.6 Å². The zero-order chi connectivity index (χ0) is 22.9. The molecule has 2 aromatic carbocycles. The summed E-state index contributed by atoms with van der Waals surface area (Å²) in [6.45, 7) is 2.01. The minimum atomic E-state index is -4.73. The van der Waals surface area contributed by atoms with E-state index < -0.39 is 23.6 Å². The molecule has 0 aliphatic heterocycles. The van der Waals surface area contributed by atoms with Crippen molar-refractivity contribution in [1.29, 1.82) is 0 Å². The van der Waals surface area contributed by atoms with Gasteiger partial charge in [-0.3, -0.25) is 10.1 Å². The van der Waals surface area contributed by atoms with Crippen LogP contribution in [0.25, 0.3) is 22.0 Å². The monoisotopic (exact) mass is 444 g/mol. The molecule has 0 radical (unpaired) electrons. The molecule has 3 N–H and O–H groups in total. The average molecular weight is 444 g/mol. The number of benzene rings is 2. The number of pyridine rings is 1. The van der Waals surface area contributed by atoms with Gasteiger partial charge < -0.3 is 10.5 Å². The van der Waals surface area contributed by atoms with Gasteiger partial charge in [-0.2, -0.15) is 18.3 Å². The second kappa shape index (κ2) is 8.58. The fourth-order valence-corrected chi connectivity index (χ4v) is 3.46. The Hall–Kier alpha value is -3.46. The molecule has 1 atom stereocenters. The molecule has 0 aliphatic rings. The average Bonchev–Trinajstić information content (AvgIpc) is 3.12. The molecule has 4 rings (SSSR count). The predicted molar refractivity (Wildman–Crippen MR) is 113 cm³/mol. The van der Waals surface area contributed by atoms with Crippen molar-refractivity contribution in [3.05, 3.63) is 77.5 Å². The van der Waals surface area contributed by atoms with Crippen LogP contribution >= 0.6 is 0 Å². The maximum atomic E-state index is 13.7. The smallest absolute Gasteiger partial charge is 0.419 e. The van der Waals surface area contributed by atoms with Gasteiger partial charge in [-0.15, -0.1) is 0 Å². The van der Waals surface area contributed by atoms with E-state index >= 15 is 0 Å².